The summed E-state index contributed by atoms with van der Waals surface area (Å²) < 4.78 is 27.7. The van der Waals surface area contributed by atoms with Gasteiger partial charge in [-0.15, -0.1) is 0 Å². The topological polar surface area (TPSA) is 66.5 Å². The minimum Gasteiger partial charge on any atom is -0.345 e. The minimum absolute atomic E-state index is 0.145. The van der Waals surface area contributed by atoms with Gasteiger partial charge in [-0.2, -0.15) is 0 Å². The van der Waals surface area contributed by atoms with Crippen LogP contribution in [0.1, 0.15) is 41.1 Å². The molecule has 4 rings (SSSR count). The fourth-order valence-electron chi connectivity index (χ4n) is 4.36. The summed E-state index contributed by atoms with van der Waals surface area (Å²) in [5, 5.41) is 3.88. The number of rotatable bonds is 7. The van der Waals surface area contributed by atoms with Gasteiger partial charge in [0.05, 0.1) is 27.8 Å². The molecule has 0 aromatic heterocycles. The third-order valence-electron chi connectivity index (χ3n) is 6.31. The van der Waals surface area contributed by atoms with Crippen LogP contribution in [0.25, 0.3) is 0 Å². The van der Waals surface area contributed by atoms with Crippen molar-refractivity contribution in [2.75, 3.05) is 13.1 Å². The quantitative estimate of drug-likeness (QED) is 0.422. The van der Waals surface area contributed by atoms with Crippen LogP contribution in [-0.4, -0.2) is 31.7 Å². The molecule has 0 aliphatic carbocycles. The number of aryl methyl sites for hydroxylation is 1. The SMILES string of the molecule is Cc1ccc([C@H](NC(=O)[C@H]2CCCN(S(=O)(=O)Cc3ccc(Cl)c(Cl)c3)C2)c2ccccc2)cc1. The van der Waals surface area contributed by atoms with E-state index < -0.39 is 15.9 Å². The molecule has 1 aliphatic rings. The molecule has 5 nitrogen and oxygen atoms in total. The summed E-state index contributed by atoms with van der Waals surface area (Å²) >= 11 is 12.0. The van der Waals surface area contributed by atoms with Gasteiger partial charge in [-0.1, -0.05) is 89.4 Å². The molecule has 0 radical (unpaired) electrons. The maximum absolute atomic E-state index is 13.4. The summed E-state index contributed by atoms with van der Waals surface area (Å²) in [6, 6.07) is 22.4. The van der Waals surface area contributed by atoms with E-state index in [-0.39, 0.29) is 24.2 Å². The summed E-state index contributed by atoms with van der Waals surface area (Å²) in [6.45, 7) is 2.58. The minimum atomic E-state index is -3.62. The second-order valence-corrected chi connectivity index (χ2v) is 11.7. The van der Waals surface area contributed by atoms with E-state index in [1.807, 2.05) is 61.5 Å². The number of amides is 1. The van der Waals surface area contributed by atoms with Gasteiger partial charge in [0, 0.05) is 13.1 Å². The zero-order valence-corrected chi connectivity index (χ0v) is 21.8. The molecule has 2 atom stereocenters. The Balaban J connectivity index is 1.49. The van der Waals surface area contributed by atoms with E-state index in [9.17, 15) is 13.2 Å². The first kappa shape index (κ1) is 25.7. The summed E-state index contributed by atoms with van der Waals surface area (Å²) in [4.78, 5) is 13.4. The van der Waals surface area contributed by atoms with E-state index in [1.165, 1.54) is 4.31 Å². The standard InChI is InChI=1S/C27H28Cl2N2O3S/c1-19-9-12-22(13-10-19)26(21-6-3-2-4-7-21)30-27(32)23-8-5-15-31(17-23)35(33,34)18-20-11-14-24(28)25(29)16-20/h2-4,6-7,9-14,16,23,26H,5,8,15,17-18H2,1H3,(H,30,32)/t23-,26+/m0/s1. The highest BCUT2D eigenvalue weighted by molar-refractivity contribution is 7.88. The highest BCUT2D eigenvalue weighted by atomic mass is 35.5. The molecule has 0 unspecified atom stereocenters. The number of carbonyl (C=O) groups excluding carboxylic acids is 1. The van der Waals surface area contributed by atoms with Crippen molar-refractivity contribution in [1.82, 2.24) is 9.62 Å². The van der Waals surface area contributed by atoms with Gasteiger partial charge in [0.2, 0.25) is 15.9 Å². The molecule has 0 bridgehead atoms. The summed E-state index contributed by atoms with van der Waals surface area (Å²) in [5.41, 5.74) is 3.66. The molecule has 3 aromatic carbocycles. The number of piperidine rings is 1. The number of sulfonamides is 1. The monoisotopic (exact) mass is 530 g/mol. The number of hydrogen-bond donors (Lipinski definition) is 1. The Morgan fingerprint density at radius 3 is 2.37 bits per heavy atom. The molecular formula is C27H28Cl2N2O3S. The Morgan fingerprint density at radius 2 is 1.69 bits per heavy atom. The van der Waals surface area contributed by atoms with Crippen LogP contribution in [0.15, 0.2) is 72.8 Å². The predicted molar refractivity (Wildman–Crippen MR) is 141 cm³/mol. The van der Waals surface area contributed by atoms with E-state index in [0.717, 1.165) is 16.7 Å². The Kier molecular flexibility index (Phi) is 8.17. The maximum atomic E-state index is 13.4. The first-order valence-electron chi connectivity index (χ1n) is 11.6. The Labute approximate surface area is 217 Å². The smallest absolute Gasteiger partial charge is 0.225 e. The Hall–Kier alpha value is -2.38. The molecular weight excluding hydrogens is 503 g/mol. The first-order valence-corrected chi connectivity index (χ1v) is 13.9. The van der Waals surface area contributed by atoms with Crippen molar-refractivity contribution in [3.8, 4) is 0 Å². The third-order valence-corrected chi connectivity index (χ3v) is 8.87. The molecule has 1 heterocycles. The van der Waals surface area contributed by atoms with E-state index >= 15 is 0 Å². The van der Waals surface area contributed by atoms with Crippen LogP contribution in [-0.2, 0) is 20.6 Å². The average Bonchev–Trinajstić information content (AvgIpc) is 2.86. The molecule has 35 heavy (non-hydrogen) atoms. The van der Waals surface area contributed by atoms with Crippen LogP contribution in [0.3, 0.4) is 0 Å². The van der Waals surface area contributed by atoms with Crippen molar-refractivity contribution in [2.24, 2.45) is 5.92 Å². The number of nitrogens with zero attached hydrogens (tertiary/aromatic N) is 1. The zero-order chi connectivity index (χ0) is 25.0. The lowest BCUT2D eigenvalue weighted by Gasteiger charge is -2.32. The van der Waals surface area contributed by atoms with Crippen molar-refractivity contribution >= 4 is 39.1 Å². The van der Waals surface area contributed by atoms with E-state index in [0.29, 0.717) is 35.0 Å². The van der Waals surface area contributed by atoms with Gasteiger partial charge in [-0.3, -0.25) is 4.79 Å². The van der Waals surface area contributed by atoms with Crippen molar-refractivity contribution in [2.45, 2.75) is 31.6 Å². The van der Waals surface area contributed by atoms with Crippen LogP contribution in [0, 0.1) is 12.8 Å². The lowest BCUT2D eigenvalue weighted by molar-refractivity contribution is -0.126. The Morgan fingerprint density at radius 1 is 1.00 bits per heavy atom. The number of hydrogen-bond acceptors (Lipinski definition) is 3. The largest absolute Gasteiger partial charge is 0.345 e. The van der Waals surface area contributed by atoms with Crippen LogP contribution in [0.5, 0.6) is 0 Å². The lowest BCUT2D eigenvalue weighted by Crippen LogP contribution is -2.46. The summed E-state index contributed by atoms with van der Waals surface area (Å²) in [5.74, 6) is -0.758. The molecule has 0 spiro atoms. The third kappa shape index (κ3) is 6.44. The van der Waals surface area contributed by atoms with Gasteiger partial charge >= 0.3 is 0 Å². The fraction of sp³-hybridized carbons (Fsp3) is 0.296. The van der Waals surface area contributed by atoms with Crippen molar-refractivity contribution in [1.29, 1.82) is 0 Å². The molecule has 1 N–H and O–H groups in total. The van der Waals surface area contributed by atoms with Gasteiger partial charge in [0.25, 0.3) is 0 Å². The number of benzene rings is 3. The lowest BCUT2D eigenvalue weighted by atomic mass is 9.94. The summed E-state index contributed by atoms with van der Waals surface area (Å²) in [7, 11) is -3.62. The van der Waals surface area contributed by atoms with Crippen molar-refractivity contribution < 1.29 is 13.2 Å². The van der Waals surface area contributed by atoms with Crippen molar-refractivity contribution in [3.63, 3.8) is 0 Å². The Bertz CT molecular complexity index is 1280. The molecule has 1 fully saturated rings. The second-order valence-electron chi connectivity index (χ2n) is 8.96. The van der Waals surface area contributed by atoms with Crippen molar-refractivity contribution in [3.05, 3.63) is 105 Å². The van der Waals surface area contributed by atoms with Gasteiger partial charge < -0.3 is 5.32 Å². The highest BCUT2D eigenvalue weighted by Crippen LogP contribution is 2.28. The van der Waals surface area contributed by atoms with Gasteiger partial charge in [-0.25, -0.2) is 12.7 Å². The van der Waals surface area contributed by atoms with Crippen LogP contribution >= 0.6 is 23.2 Å². The van der Waals surface area contributed by atoms with Crippen LogP contribution < -0.4 is 5.32 Å². The van der Waals surface area contributed by atoms with Gasteiger partial charge in [0.1, 0.15) is 0 Å². The highest BCUT2D eigenvalue weighted by Gasteiger charge is 2.33. The number of halogens is 2. The predicted octanol–water partition coefficient (Wildman–Crippen LogP) is 5.75. The first-order chi connectivity index (χ1) is 16.7. The molecule has 1 amide bonds. The van der Waals surface area contributed by atoms with Crippen LogP contribution in [0.2, 0.25) is 10.0 Å². The molecule has 8 heteroatoms. The van der Waals surface area contributed by atoms with E-state index in [1.54, 1.807) is 18.2 Å². The fourth-order valence-corrected chi connectivity index (χ4v) is 6.28. The van der Waals surface area contributed by atoms with E-state index in [4.69, 9.17) is 23.2 Å². The average molecular weight is 532 g/mol. The number of nitrogens with one attached hydrogen (secondary N) is 1. The molecule has 184 valence electrons. The maximum Gasteiger partial charge on any atom is 0.225 e. The second kappa shape index (κ2) is 11.1. The zero-order valence-electron chi connectivity index (χ0n) is 19.5. The van der Waals surface area contributed by atoms with Gasteiger partial charge in [-0.05, 0) is 48.6 Å². The molecule has 1 aliphatic heterocycles. The van der Waals surface area contributed by atoms with Crippen LogP contribution in [0.4, 0.5) is 0 Å². The molecule has 3 aromatic rings. The normalized spacial score (nSPS) is 17.6. The van der Waals surface area contributed by atoms with Gasteiger partial charge in [0.15, 0.2) is 0 Å². The molecule has 0 saturated carbocycles. The van der Waals surface area contributed by atoms with E-state index in [2.05, 4.69) is 5.32 Å². The molecule has 1 saturated heterocycles. The number of carbonyl (C=O) groups is 1. The summed E-state index contributed by atoms with van der Waals surface area (Å²) in [6.07, 6.45) is 1.26.